The second-order valence-electron chi connectivity index (χ2n) is 3.73. The highest BCUT2D eigenvalue weighted by molar-refractivity contribution is 4.94. The topological polar surface area (TPSA) is 20.2 Å². The predicted molar refractivity (Wildman–Crippen MR) is 54.3 cm³/mol. The van der Waals surface area contributed by atoms with Crippen molar-refractivity contribution in [3.05, 3.63) is 24.5 Å². The van der Waals surface area contributed by atoms with Gasteiger partial charge in [-0.1, -0.05) is 0 Å². The van der Waals surface area contributed by atoms with Gasteiger partial charge in [0, 0.05) is 25.0 Å². The molecule has 0 spiro atoms. The second-order valence-corrected chi connectivity index (χ2v) is 3.73. The van der Waals surface area contributed by atoms with E-state index in [4.69, 9.17) is 0 Å². The molecule has 1 atom stereocenters. The van der Waals surface area contributed by atoms with Crippen molar-refractivity contribution in [1.29, 1.82) is 0 Å². The fourth-order valence-corrected chi connectivity index (χ4v) is 1.89. The molecule has 1 saturated heterocycles. The van der Waals surface area contributed by atoms with Crippen LogP contribution in [-0.4, -0.2) is 35.8 Å². The average molecular weight is 179 g/mol. The van der Waals surface area contributed by atoms with Crippen molar-refractivity contribution in [1.82, 2.24) is 9.58 Å². The van der Waals surface area contributed by atoms with Gasteiger partial charge < -0.3 is 10.3 Å². The van der Waals surface area contributed by atoms with Gasteiger partial charge in [0.1, 0.15) is 0 Å². The first-order valence-electron chi connectivity index (χ1n) is 4.93. The summed E-state index contributed by atoms with van der Waals surface area (Å²) in [6.07, 6.45) is 6.74. The van der Waals surface area contributed by atoms with E-state index in [1.54, 1.807) is 0 Å². The molecule has 2 heterocycles. The average Bonchev–Trinajstić information content (AvgIpc) is 2.72. The van der Waals surface area contributed by atoms with Gasteiger partial charge in [-0.3, -0.25) is 4.68 Å². The van der Waals surface area contributed by atoms with Crippen LogP contribution in [0.3, 0.4) is 0 Å². The lowest BCUT2D eigenvalue weighted by atomic mass is 10.2. The number of likely N-dealkylation sites (N-methyl/N-ethyl adjacent to an activating group) is 1. The summed E-state index contributed by atoms with van der Waals surface area (Å²) in [6.45, 7) is 2.29. The lowest BCUT2D eigenvalue weighted by Crippen LogP contribution is -2.34. The molecule has 1 aliphatic rings. The Hall–Kier alpha value is -0.960. The Bertz CT molecular complexity index is 243. The van der Waals surface area contributed by atoms with Crippen LogP contribution in [0.25, 0.3) is 0 Å². The monoisotopic (exact) mass is 179 g/mol. The Morgan fingerprint density at radius 2 is 2.15 bits per heavy atom. The number of aromatic nitrogens is 1. The SMILES string of the molecule is CN1CCCC1CNn1cccc1. The van der Waals surface area contributed by atoms with E-state index in [-0.39, 0.29) is 0 Å². The van der Waals surface area contributed by atoms with Gasteiger partial charge in [-0.05, 0) is 38.6 Å². The molecule has 0 radical (unpaired) electrons. The maximum atomic E-state index is 3.37. The Kier molecular flexibility index (Phi) is 2.54. The lowest BCUT2D eigenvalue weighted by molar-refractivity contribution is 0.317. The Morgan fingerprint density at radius 1 is 1.38 bits per heavy atom. The molecule has 0 amide bonds. The Morgan fingerprint density at radius 3 is 2.77 bits per heavy atom. The van der Waals surface area contributed by atoms with Crippen LogP contribution in [0.2, 0.25) is 0 Å². The Labute approximate surface area is 79.3 Å². The third kappa shape index (κ3) is 2.04. The van der Waals surface area contributed by atoms with Crippen LogP contribution < -0.4 is 5.43 Å². The maximum absolute atomic E-state index is 3.37. The van der Waals surface area contributed by atoms with Gasteiger partial charge >= 0.3 is 0 Å². The number of nitrogens with zero attached hydrogens (tertiary/aromatic N) is 2. The fraction of sp³-hybridized carbons (Fsp3) is 0.600. The molecule has 2 rings (SSSR count). The maximum Gasteiger partial charge on any atom is 0.0469 e. The highest BCUT2D eigenvalue weighted by Gasteiger charge is 2.19. The standard InChI is InChI=1S/C10H17N3/c1-12-6-4-5-10(12)9-11-13-7-2-3-8-13/h2-3,7-8,10-11H,4-6,9H2,1H3. The molecule has 1 aromatic rings. The minimum absolute atomic E-state index is 0.711. The number of hydrogen-bond acceptors (Lipinski definition) is 2. The summed E-state index contributed by atoms with van der Waals surface area (Å²) < 4.78 is 2.02. The zero-order valence-corrected chi connectivity index (χ0v) is 8.11. The van der Waals surface area contributed by atoms with Gasteiger partial charge in [0.25, 0.3) is 0 Å². The van der Waals surface area contributed by atoms with Crippen LogP contribution in [0.5, 0.6) is 0 Å². The minimum Gasteiger partial charge on any atom is -0.325 e. The van der Waals surface area contributed by atoms with Gasteiger partial charge in [0.2, 0.25) is 0 Å². The van der Waals surface area contributed by atoms with Crippen LogP contribution in [-0.2, 0) is 0 Å². The highest BCUT2D eigenvalue weighted by atomic mass is 15.4. The van der Waals surface area contributed by atoms with Gasteiger partial charge in [-0.15, -0.1) is 0 Å². The smallest absolute Gasteiger partial charge is 0.0469 e. The molecule has 13 heavy (non-hydrogen) atoms. The summed E-state index contributed by atoms with van der Waals surface area (Å²) >= 11 is 0. The largest absolute Gasteiger partial charge is 0.325 e. The van der Waals surface area contributed by atoms with E-state index < -0.39 is 0 Å². The summed E-state index contributed by atoms with van der Waals surface area (Å²) in [5.41, 5.74) is 3.37. The van der Waals surface area contributed by atoms with Gasteiger partial charge in [0.15, 0.2) is 0 Å². The number of likely N-dealkylation sites (tertiary alicyclic amines) is 1. The van der Waals surface area contributed by atoms with E-state index in [2.05, 4.69) is 17.4 Å². The van der Waals surface area contributed by atoms with Crippen LogP contribution in [0.4, 0.5) is 0 Å². The van der Waals surface area contributed by atoms with Crippen molar-refractivity contribution in [2.45, 2.75) is 18.9 Å². The minimum atomic E-state index is 0.711. The molecule has 0 aliphatic carbocycles. The van der Waals surface area contributed by atoms with E-state index >= 15 is 0 Å². The first-order chi connectivity index (χ1) is 6.36. The molecule has 1 N–H and O–H groups in total. The molecule has 0 bridgehead atoms. The third-order valence-electron chi connectivity index (χ3n) is 2.79. The number of rotatable bonds is 3. The zero-order chi connectivity index (χ0) is 9.10. The first kappa shape index (κ1) is 8.63. The molecule has 1 unspecified atom stereocenters. The zero-order valence-electron chi connectivity index (χ0n) is 8.11. The molecule has 72 valence electrons. The normalized spacial score (nSPS) is 23.6. The number of hydrogen-bond donors (Lipinski definition) is 1. The number of nitrogens with one attached hydrogen (secondary N) is 1. The summed E-state index contributed by atoms with van der Waals surface area (Å²) in [5.74, 6) is 0. The van der Waals surface area contributed by atoms with Crippen LogP contribution in [0.15, 0.2) is 24.5 Å². The molecule has 1 fully saturated rings. The van der Waals surface area contributed by atoms with E-state index in [1.165, 1.54) is 19.4 Å². The van der Waals surface area contributed by atoms with E-state index in [1.807, 2.05) is 29.2 Å². The predicted octanol–water partition coefficient (Wildman–Crippen LogP) is 1.13. The summed E-state index contributed by atoms with van der Waals surface area (Å²) in [7, 11) is 2.20. The molecule has 0 aromatic carbocycles. The fourth-order valence-electron chi connectivity index (χ4n) is 1.89. The summed E-state index contributed by atoms with van der Waals surface area (Å²) in [4.78, 5) is 2.43. The molecule has 3 heteroatoms. The van der Waals surface area contributed by atoms with Crippen LogP contribution >= 0.6 is 0 Å². The van der Waals surface area contributed by atoms with E-state index in [9.17, 15) is 0 Å². The molecule has 1 aliphatic heterocycles. The summed E-state index contributed by atoms with van der Waals surface area (Å²) in [6, 6.07) is 4.78. The van der Waals surface area contributed by atoms with Crippen molar-refractivity contribution in [2.75, 3.05) is 25.6 Å². The van der Waals surface area contributed by atoms with Crippen molar-refractivity contribution in [2.24, 2.45) is 0 Å². The van der Waals surface area contributed by atoms with E-state index in [0.717, 1.165) is 6.54 Å². The van der Waals surface area contributed by atoms with Crippen molar-refractivity contribution >= 4 is 0 Å². The molecule has 3 nitrogen and oxygen atoms in total. The molecular formula is C10H17N3. The molecule has 1 aromatic heterocycles. The van der Waals surface area contributed by atoms with Gasteiger partial charge in [-0.25, -0.2) is 0 Å². The van der Waals surface area contributed by atoms with Crippen molar-refractivity contribution in [3.63, 3.8) is 0 Å². The quantitative estimate of drug-likeness (QED) is 0.750. The lowest BCUT2D eigenvalue weighted by Gasteiger charge is -2.20. The first-order valence-corrected chi connectivity index (χ1v) is 4.93. The third-order valence-corrected chi connectivity index (χ3v) is 2.79. The Balaban J connectivity index is 1.79. The molecule has 0 saturated carbocycles. The van der Waals surface area contributed by atoms with Crippen LogP contribution in [0.1, 0.15) is 12.8 Å². The van der Waals surface area contributed by atoms with Crippen molar-refractivity contribution in [3.8, 4) is 0 Å². The molecular weight excluding hydrogens is 162 g/mol. The van der Waals surface area contributed by atoms with Crippen molar-refractivity contribution < 1.29 is 0 Å². The van der Waals surface area contributed by atoms with E-state index in [0.29, 0.717) is 6.04 Å². The summed E-state index contributed by atoms with van der Waals surface area (Å²) in [5, 5.41) is 0. The second kappa shape index (κ2) is 3.83. The van der Waals surface area contributed by atoms with Gasteiger partial charge in [0.05, 0.1) is 0 Å². The van der Waals surface area contributed by atoms with Gasteiger partial charge in [-0.2, -0.15) is 0 Å². The highest BCUT2D eigenvalue weighted by Crippen LogP contribution is 2.13. The van der Waals surface area contributed by atoms with Crippen LogP contribution in [0, 0.1) is 0 Å².